The van der Waals surface area contributed by atoms with Gasteiger partial charge in [-0.1, -0.05) is 0 Å². The predicted molar refractivity (Wildman–Crippen MR) is 68.6 cm³/mol. The Morgan fingerprint density at radius 2 is 2.30 bits per heavy atom. The van der Waals surface area contributed by atoms with Crippen LogP contribution < -0.4 is 4.90 Å². The fourth-order valence-corrected chi connectivity index (χ4v) is 3.13. The van der Waals surface area contributed by atoms with Crippen molar-refractivity contribution in [3.63, 3.8) is 0 Å². The summed E-state index contributed by atoms with van der Waals surface area (Å²) in [6.07, 6.45) is 0.00772. The molecule has 1 aromatic rings. The minimum atomic E-state index is -0.944. The fourth-order valence-electron chi connectivity index (χ4n) is 3.13. The van der Waals surface area contributed by atoms with Crippen molar-refractivity contribution in [2.24, 2.45) is 0 Å². The third-order valence-electron chi connectivity index (χ3n) is 3.93. The van der Waals surface area contributed by atoms with Gasteiger partial charge in [-0.25, -0.2) is 14.2 Å². The maximum atomic E-state index is 13.6. The van der Waals surface area contributed by atoms with E-state index in [0.29, 0.717) is 31.6 Å². The van der Waals surface area contributed by atoms with Crippen LogP contribution in [0, 0.1) is 5.82 Å². The smallest absolute Gasteiger partial charge is 0.407 e. The van der Waals surface area contributed by atoms with E-state index in [1.54, 1.807) is 0 Å². The van der Waals surface area contributed by atoms with Crippen LogP contribution in [-0.2, 0) is 6.42 Å². The number of anilines is 1. The zero-order valence-corrected chi connectivity index (χ0v) is 10.9. The Morgan fingerprint density at radius 3 is 2.95 bits per heavy atom. The number of carbonyl (C=O) groups is 2. The first-order chi connectivity index (χ1) is 9.51. The zero-order chi connectivity index (χ0) is 14.4. The molecule has 106 valence electrons. The van der Waals surface area contributed by atoms with E-state index in [2.05, 4.69) is 4.98 Å². The number of amides is 1. The van der Waals surface area contributed by atoms with Gasteiger partial charge in [0.15, 0.2) is 12.1 Å². The van der Waals surface area contributed by atoms with Crippen LogP contribution in [0.3, 0.4) is 0 Å². The Balaban J connectivity index is 1.98. The summed E-state index contributed by atoms with van der Waals surface area (Å²) in [6, 6.07) is 1.24. The van der Waals surface area contributed by atoms with E-state index < -0.39 is 11.9 Å². The minimum Gasteiger partial charge on any atom is -0.465 e. The number of aromatic nitrogens is 1. The Kier molecular flexibility index (Phi) is 2.84. The van der Waals surface area contributed by atoms with Gasteiger partial charge in [0.2, 0.25) is 0 Å². The second-order valence-electron chi connectivity index (χ2n) is 5.26. The average molecular weight is 279 g/mol. The lowest BCUT2D eigenvalue weighted by molar-refractivity contribution is 0.111. The van der Waals surface area contributed by atoms with E-state index >= 15 is 0 Å². The number of rotatable bonds is 1. The third kappa shape index (κ3) is 1.81. The number of pyridine rings is 1. The van der Waals surface area contributed by atoms with Crippen molar-refractivity contribution in [3.05, 3.63) is 23.1 Å². The van der Waals surface area contributed by atoms with Crippen LogP contribution >= 0.6 is 0 Å². The lowest BCUT2D eigenvalue weighted by Gasteiger charge is -2.42. The van der Waals surface area contributed by atoms with Crippen molar-refractivity contribution < 1.29 is 19.1 Å². The molecule has 0 radical (unpaired) electrons. The molecule has 1 amide bonds. The molecule has 1 saturated heterocycles. The zero-order valence-electron chi connectivity index (χ0n) is 10.9. The van der Waals surface area contributed by atoms with Gasteiger partial charge in [0.25, 0.3) is 0 Å². The molecule has 7 heteroatoms. The van der Waals surface area contributed by atoms with E-state index in [4.69, 9.17) is 5.11 Å². The lowest BCUT2D eigenvalue weighted by atomic mass is 10.1. The van der Waals surface area contributed by atoms with Crippen molar-refractivity contribution in [3.8, 4) is 0 Å². The molecule has 0 aliphatic carbocycles. The van der Waals surface area contributed by atoms with E-state index in [-0.39, 0.29) is 17.8 Å². The summed E-state index contributed by atoms with van der Waals surface area (Å²) in [7, 11) is 0. The van der Waals surface area contributed by atoms with Gasteiger partial charge in [-0.15, -0.1) is 0 Å². The summed E-state index contributed by atoms with van der Waals surface area (Å²) in [5.74, 6) is -0.0163. The highest BCUT2D eigenvalue weighted by Gasteiger charge is 2.41. The molecule has 0 saturated carbocycles. The molecule has 3 rings (SSSR count). The molecule has 20 heavy (non-hydrogen) atoms. The van der Waals surface area contributed by atoms with Gasteiger partial charge in [-0.05, 0) is 25.0 Å². The van der Waals surface area contributed by atoms with Gasteiger partial charge in [0.05, 0.1) is 6.04 Å². The highest BCUT2D eigenvalue weighted by atomic mass is 19.1. The van der Waals surface area contributed by atoms with Crippen molar-refractivity contribution in [2.45, 2.75) is 25.4 Å². The summed E-state index contributed by atoms with van der Waals surface area (Å²) >= 11 is 0. The van der Waals surface area contributed by atoms with Crippen LogP contribution in [0.15, 0.2) is 6.07 Å². The van der Waals surface area contributed by atoms with Crippen LogP contribution in [-0.4, -0.2) is 52.5 Å². The summed E-state index contributed by atoms with van der Waals surface area (Å²) < 4.78 is 13.6. The second kappa shape index (κ2) is 4.43. The Bertz CT molecular complexity index is 592. The van der Waals surface area contributed by atoms with Crippen molar-refractivity contribution in [2.75, 3.05) is 18.0 Å². The first-order valence-corrected chi connectivity index (χ1v) is 6.42. The quantitative estimate of drug-likeness (QED) is 0.780. The number of nitrogens with zero attached hydrogens (tertiary/aromatic N) is 3. The van der Waals surface area contributed by atoms with Gasteiger partial charge >= 0.3 is 6.09 Å². The van der Waals surface area contributed by atoms with Crippen LogP contribution in [0.1, 0.15) is 23.0 Å². The van der Waals surface area contributed by atoms with Crippen LogP contribution in [0.2, 0.25) is 0 Å². The number of carbonyl (C=O) groups excluding carboxylic acids is 1. The maximum Gasteiger partial charge on any atom is 0.407 e. The number of carboxylic acid groups (broad SMARTS) is 1. The third-order valence-corrected chi connectivity index (χ3v) is 3.93. The molecule has 6 nitrogen and oxygen atoms in total. The summed E-state index contributed by atoms with van der Waals surface area (Å²) in [6.45, 7) is 2.65. The topological polar surface area (TPSA) is 73.7 Å². The molecule has 0 unspecified atom stereocenters. The molecule has 2 aliphatic rings. The highest BCUT2D eigenvalue weighted by Crippen LogP contribution is 2.35. The highest BCUT2D eigenvalue weighted by molar-refractivity contribution is 5.75. The van der Waals surface area contributed by atoms with Crippen molar-refractivity contribution >= 4 is 18.2 Å². The van der Waals surface area contributed by atoms with Crippen LogP contribution in [0.25, 0.3) is 0 Å². The maximum absolute atomic E-state index is 13.6. The number of hydrogen-bond donors (Lipinski definition) is 1. The molecule has 2 atom stereocenters. The molecular weight excluding hydrogens is 265 g/mol. The minimum absolute atomic E-state index is 0.0429. The van der Waals surface area contributed by atoms with Gasteiger partial charge in [0.1, 0.15) is 11.5 Å². The van der Waals surface area contributed by atoms with E-state index in [9.17, 15) is 14.0 Å². The number of halogens is 1. The van der Waals surface area contributed by atoms with Gasteiger partial charge in [-0.3, -0.25) is 4.79 Å². The Labute approximate surface area is 114 Å². The largest absolute Gasteiger partial charge is 0.465 e. The number of fused-ring (bicyclic) bond motifs is 3. The van der Waals surface area contributed by atoms with Crippen molar-refractivity contribution in [1.29, 1.82) is 0 Å². The van der Waals surface area contributed by atoms with Crippen molar-refractivity contribution in [1.82, 2.24) is 9.88 Å². The standard InChI is InChI=1S/C13H14FN3O3/c1-7-4-16(13(19)20)5-9-2-8-3-10(14)11(6-18)15-12(8)17(7)9/h3,6-7,9H,2,4-5H2,1H3,(H,19,20)/t7-,9-/m1/s1. The molecule has 0 spiro atoms. The molecule has 3 heterocycles. The van der Waals surface area contributed by atoms with Gasteiger partial charge < -0.3 is 14.9 Å². The molecule has 1 N–H and O–H groups in total. The van der Waals surface area contributed by atoms with E-state index in [0.717, 1.165) is 5.56 Å². The number of piperazine rings is 1. The lowest BCUT2D eigenvalue weighted by Crippen LogP contribution is -2.58. The molecule has 0 bridgehead atoms. The van der Waals surface area contributed by atoms with E-state index in [1.807, 2.05) is 11.8 Å². The summed E-state index contributed by atoms with van der Waals surface area (Å²) in [5.41, 5.74) is 0.537. The predicted octanol–water partition coefficient (Wildman–Crippen LogP) is 1.15. The van der Waals surface area contributed by atoms with E-state index in [1.165, 1.54) is 11.0 Å². The fraction of sp³-hybridized carbons (Fsp3) is 0.462. The summed E-state index contributed by atoms with van der Waals surface area (Å²) in [4.78, 5) is 29.4. The van der Waals surface area contributed by atoms with Gasteiger partial charge in [0, 0.05) is 19.1 Å². The second-order valence-corrected chi connectivity index (χ2v) is 5.26. The summed E-state index contributed by atoms with van der Waals surface area (Å²) in [5, 5.41) is 9.10. The average Bonchev–Trinajstić information content (AvgIpc) is 2.74. The molecule has 1 fully saturated rings. The first-order valence-electron chi connectivity index (χ1n) is 6.42. The first kappa shape index (κ1) is 12.8. The van der Waals surface area contributed by atoms with Gasteiger partial charge in [-0.2, -0.15) is 0 Å². The molecule has 0 aromatic carbocycles. The normalized spacial score (nSPS) is 24.3. The van der Waals surface area contributed by atoms with Crippen LogP contribution in [0.5, 0.6) is 0 Å². The molecule has 2 aliphatic heterocycles. The number of hydrogen-bond acceptors (Lipinski definition) is 4. The Morgan fingerprint density at radius 1 is 1.55 bits per heavy atom. The molecular formula is C13H14FN3O3. The number of aldehydes is 1. The monoisotopic (exact) mass is 279 g/mol. The SMILES string of the molecule is C[C@@H]1CN(C(=O)O)C[C@H]2Cc3cc(F)c(C=O)nc3N21. The Hall–Kier alpha value is -2.18. The van der Waals surface area contributed by atoms with Crippen LogP contribution in [0.4, 0.5) is 15.0 Å². The molecule has 1 aromatic heterocycles.